The first kappa shape index (κ1) is 17.3. The van der Waals surface area contributed by atoms with Crippen LogP contribution in [-0.4, -0.2) is 68.0 Å². The van der Waals surface area contributed by atoms with E-state index in [1.165, 1.54) is 0 Å². The van der Waals surface area contributed by atoms with E-state index in [0.29, 0.717) is 19.4 Å². The van der Waals surface area contributed by atoms with Crippen molar-refractivity contribution in [1.29, 1.82) is 0 Å². The number of hydrogen-bond acceptors (Lipinski definition) is 4. The summed E-state index contributed by atoms with van der Waals surface area (Å²) in [4.78, 5) is 27.7. The Hall–Kier alpha value is -2.08. The number of piperazine rings is 1. The summed E-state index contributed by atoms with van der Waals surface area (Å²) in [5.74, 6) is 0.689. The predicted molar refractivity (Wildman–Crippen MR) is 88.3 cm³/mol. The van der Waals surface area contributed by atoms with Gasteiger partial charge in [0.1, 0.15) is 5.75 Å². The second-order valence-electron chi connectivity index (χ2n) is 5.73. The molecule has 1 aliphatic heterocycles. The smallest absolute Gasteiger partial charge is 0.242 e. The summed E-state index contributed by atoms with van der Waals surface area (Å²) in [7, 11) is 2.04. The van der Waals surface area contributed by atoms with Gasteiger partial charge in [0.05, 0.1) is 13.2 Å². The largest absolute Gasteiger partial charge is 0.494 e. The minimum absolute atomic E-state index is 0.00742. The van der Waals surface area contributed by atoms with E-state index in [9.17, 15) is 9.59 Å². The van der Waals surface area contributed by atoms with Gasteiger partial charge >= 0.3 is 0 Å². The van der Waals surface area contributed by atoms with Crippen LogP contribution in [-0.2, 0) is 9.59 Å². The highest BCUT2D eigenvalue weighted by atomic mass is 16.5. The third-order valence-corrected chi connectivity index (χ3v) is 3.85. The Kier molecular flexibility index (Phi) is 6.87. The zero-order valence-corrected chi connectivity index (χ0v) is 13.7. The van der Waals surface area contributed by atoms with Gasteiger partial charge in [-0.25, -0.2) is 0 Å². The fraction of sp³-hybridized carbons (Fsp3) is 0.529. The number of carbonyl (C=O) groups is 2. The molecule has 1 aromatic carbocycles. The Morgan fingerprint density at radius 1 is 1.13 bits per heavy atom. The quantitative estimate of drug-likeness (QED) is 0.753. The highest BCUT2D eigenvalue weighted by Gasteiger charge is 2.19. The van der Waals surface area contributed by atoms with E-state index >= 15 is 0 Å². The molecule has 2 amide bonds. The fourth-order valence-electron chi connectivity index (χ4n) is 2.37. The Bertz CT molecular complexity index is 499. The fourth-order valence-corrected chi connectivity index (χ4v) is 2.37. The summed E-state index contributed by atoms with van der Waals surface area (Å²) < 4.78 is 5.53. The molecule has 0 bridgehead atoms. The first-order valence-electron chi connectivity index (χ1n) is 8.06. The van der Waals surface area contributed by atoms with Gasteiger partial charge in [-0.1, -0.05) is 18.2 Å². The van der Waals surface area contributed by atoms with E-state index in [4.69, 9.17) is 4.74 Å². The first-order valence-corrected chi connectivity index (χ1v) is 8.06. The van der Waals surface area contributed by atoms with Crippen LogP contribution in [0.3, 0.4) is 0 Å². The molecule has 0 unspecified atom stereocenters. The van der Waals surface area contributed by atoms with E-state index in [0.717, 1.165) is 31.9 Å². The number of amides is 2. The third kappa shape index (κ3) is 6.28. The molecule has 1 fully saturated rings. The molecule has 0 atom stereocenters. The average Bonchev–Trinajstić information content (AvgIpc) is 2.58. The lowest BCUT2D eigenvalue weighted by atomic mass is 10.3. The molecule has 0 aliphatic carbocycles. The predicted octanol–water partition coefficient (Wildman–Crippen LogP) is 0.736. The van der Waals surface area contributed by atoms with Crippen LogP contribution in [0.5, 0.6) is 5.75 Å². The lowest BCUT2D eigenvalue weighted by Gasteiger charge is -2.32. The number of rotatable bonds is 7. The zero-order chi connectivity index (χ0) is 16.5. The molecule has 23 heavy (non-hydrogen) atoms. The van der Waals surface area contributed by atoms with Crippen LogP contribution in [0.4, 0.5) is 0 Å². The Morgan fingerprint density at radius 3 is 2.52 bits per heavy atom. The second kappa shape index (κ2) is 9.15. The number of benzene rings is 1. The van der Waals surface area contributed by atoms with E-state index in [1.807, 2.05) is 37.4 Å². The molecule has 1 aromatic rings. The number of carbonyl (C=O) groups excluding carboxylic acids is 2. The number of ether oxygens (including phenoxy) is 1. The third-order valence-electron chi connectivity index (χ3n) is 3.85. The van der Waals surface area contributed by atoms with Gasteiger partial charge in [-0.2, -0.15) is 0 Å². The van der Waals surface area contributed by atoms with Crippen LogP contribution in [0.25, 0.3) is 0 Å². The summed E-state index contributed by atoms with van der Waals surface area (Å²) in [5.41, 5.74) is 0. The number of nitrogens with one attached hydrogen (secondary N) is 1. The molecule has 1 N–H and O–H groups in total. The van der Waals surface area contributed by atoms with Crippen molar-refractivity contribution in [2.45, 2.75) is 12.8 Å². The topological polar surface area (TPSA) is 61.9 Å². The lowest BCUT2D eigenvalue weighted by Crippen LogP contribution is -2.50. The zero-order valence-electron chi connectivity index (χ0n) is 13.7. The molecule has 126 valence electrons. The number of nitrogens with zero attached hydrogens (tertiary/aromatic N) is 2. The summed E-state index contributed by atoms with van der Waals surface area (Å²) in [6.07, 6.45) is 0.992. The van der Waals surface area contributed by atoms with Gasteiger partial charge in [-0.05, 0) is 25.6 Å². The average molecular weight is 319 g/mol. The van der Waals surface area contributed by atoms with Crippen molar-refractivity contribution in [2.75, 3.05) is 46.4 Å². The van der Waals surface area contributed by atoms with Crippen molar-refractivity contribution in [3.8, 4) is 5.75 Å². The van der Waals surface area contributed by atoms with Crippen molar-refractivity contribution >= 4 is 11.8 Å². The molecular formula is C17H25N3O3. The molecule has 0 radical (unpaired) electrons. The maximum absolute atomic E-state index is 12.0. The second-order valence-corrected chi connectivity index (χ2v) is 5.73. The van der Waals surface area contributed by atoms with Crippen LogP contribution < -0.4 is 10.1 Å². The molecule has 2 rings (SSSR count). The number of likely N-dealkylation sites (N-methyl/N-ethyl adjacent to an activating group) is 1. The van der Waals surface area contributed by atoms with Gasteiger partial charge in [-0.3, -0.25) is 9.59 Å². The van der Waals surface area contributed by atoms with Crippen LogP contribution in [0.2, 0.25) is 0 Å². The lowest BCUT2D eigenvalue weighted by molar-refractivity contribution is -0.134. The molecule has 0 aromatic heterocycles. The highest BCUT2D eigenvalue weighted by molar-refractivity contribution is 5.84. The number of para-hydroxylation sites is 1. The van der Waals surface area contributed by atoms with Crippen molar-refractivity contribution in [2.24, 2.45) is 0 Å². The standard InChI is InChI=1S/C17H25N3O3/c1-19-9-11-20(12-10-19)17(22)14-18-16(21)8-5-13-23-15-6-3-2-4-7-15/h2-4,6-7H,5,8-14H2,1H3,(H,18,21). The molecule has 1 aliphatic rings. The maximum atomic E-state index is 12.0. The van der Waals surface area contributed by atoms with Crippen molar-refractivity contribution in [3.05, 3.63) is 30.3 Å². The highest BCUT2D eigenvalue weighted by Crippen LogP contribution is 2.08. The summed E-state index contributed by atoms with van der Waals surface area (Å²) in [6.45, 7) is 3.81. The van der Waals surface area contributed by atoms with Gasteiger partial charge in [-0.15, -0.1) is 0 Å². The van der Waals surface area contributed by atoms with E-state index in [-0.39, 0.29) is 18.4 Å². The van der Waals surface area contributed by atoms with Crippen molar-refractivity contribution in [1.82, 2.24) is 15.1 Å². The van der Waals surface area contributed by atoms with E-state index in [2.05, 4.69) is 10.2 Å². The minimum Gasteiger partial charge on any atom is -0.494 e. The van der Waals surface area contributed by atoms with Gasteiger partial charge in [0, 0.05) is 32.6 Å². The Morgan fingerprint density at radius 2 is 1.83 bits per heavy atom. The van der Waals surface area contributed by atoms with Crippen LogP contribution in [0.15, 0.2) is 30.3 Å². The number of hydrogen-bond donors (Lipinski definition) is 1. The summed E-state index contributed by atoms with van der Waals surface area (Å²) in [5, 5.41) is 2.69. The van der Waals surface area contributed by atoms with Gasteiger partial charge in [0.2, 0.25) is 11.8 Å². The molecule has 1 heterocycles. The molecular weight excluding hydrogens is 294 g/mol. The summed E-state index contributed by atoms with van der Waals surface area (Å²) >= 11 is 0. The SMILES string of the molecule is CN1CCN(C(=O)CNC(=O)CCCOc2ccccc2)CC1. The normalized spacial score (nSPS) is 15.3. The molecule has 1 saturated heterocycles. The molecule has 6 heteroatoms. The van der Waals surface area contributed by atoms with Crippen molar-refractivity contribution in [3.63, 3.8) is 0 Å². The molecule has 0 spiro atoms. The minimum atomic E-state index is -0.107. The maximum Gasteiger partial charge on any atom is 0.242 e. The van der Waals surface area contributed by atoms with Gasteiger partial charge in [0.15, 0.2) is 0 Å². The van der Waals surface area contributed by atoms with Gasteiger partial charge in [0.25, 0.3) is 0 Å². The van der Waals surface area contributed by atoms with Crippen LogP contribution >= 0.6 is 0 Å². The van der Waals surface area contributed by atoms with E-state index < -0.39 is 0 Å². The van der Waals surface area contributed by atoms with Crippen molar-refractivity contribution < 1.29 is 14.3 Å². The Balaban J connectivity index is 1.55. The van der Waals surface area contributed by atoms with Gasteiger partial charge < -0.3 is 19.9 Å². The van der Waals surface area contributed by atoms with E-state index in [1.54, 1.807) is 4.90 Å². The molecule has 0 saturated carbocycles. The Labute approximate surface area is 137 Å². The molecule has 6 nitrogen and oxygen atoms in total. The monoisotopic (exact) mass is 319 g/mol. The van der Waals surface area contributed by atoms with Crippen LogP contribution in [0, 0.1) is 0 Å². The van der Waals surface area contributed by atoms with Crippen LogP contribution in [0.1, 0.15) is 12.8 Å². The summed E-state index contributed by atoms with van der Waals surface area (Å²) in [6, 6.07) is 9.51. The first-order chi connectivity index (χ1) is 11.1.